The van der Waals surface area contributed by atoms with Crippen LogP contribution in [-0.2, 0) is 0 Å². The van der Waals surface area contributed by atoms with Gasteiger partial charge >= 0.3 is 0 Å². The Labute approximate surface area is 108 Å². The van der Waals surface area contributed by atoms with Crippen LogP contribution in [0.15, 0.2) is 18.2 Å². The van der Waals surface area contributed by atoms with E-state index in [1.165, 1.54) is 0 Å². The molecule has 0 heterocycles. The number of nitrogens with two attached hydrogens (primary N) is 1. The summed E-state index contributed by atoms with van der Waals surface area (Å²) >= 11 is 0. The van der Waals surface area contributed by atoms with Gasteiger partial charge in [-0.25, -0.2) is 0 Å². The first-order valence-corrected chi connectivity index (χ1v) is 6.39. The number of carbonyl (C=O) groups excluding carboxylic acids is 1. The number of benzene rings is 1. The maximum absolute atomic E-state index is 12.3. The third kappa shape index (κ3) is 3.47. The number of amides is 1. The van der Waals surface area contributed by atoms with E-state index in [0.717, 1.165) is 18.4 Å². The molecular weight excluding hydrogens is 228 g/mol. The van der Waals surface area contributed by atoms with Gasteiger partial charge in [0, 0.05) is 13.1 Å². The highest BCUT2D eigenvalue weighted by molar-refractivity contribution is 5.97. The van der Waals surface area contributed by atoms with Crippen molar-refractivity contribution in [1.29, 1.82) is 0 Å². The van der Waals surface area contributed by atoms with E-state index in [9.17, 15) is 9.90 Å². The molecule has 0 unspecified atom stereocenters. The van der Waals surface area contributed by atoms with Gasteiger partial charge in [-0.3, -0.25) is 4.79 Å². The number of para-hydroxylation sites is 1. The van der Waals surface area contributed by atoms with Gasteiger partial charge in [0.05, 0.1) is 5.56 Å². The van der Waals surface area contributed by atoms with Crippen LogP contribution in [0.2, 0.25) is 0 Å². The minimum Gasteiger partial charge on any atom is -0.507 e. The van der Waals surface area contributed by atoms with Crippen LogP contribution in [-0.4, -0.2) is 35.5 Å². The maximum Gasteiger partial charge on any atom is 0.257 e. The second kappa shape index (κ2) is 7.01. The second-order valence-corrected chi connectivity index (χ2v) is 4.41. The number of hydrogen-bond donors (Lipinski definition) is 2. The van der Waals surface area contributed by atoms with Crippen LogP contribution in [0.25, 0.3) is 0 Å². The molecule has 0 fully saturated rings. The predicted molar refractivity (Wildman–Crippen MR) is 72.7 cm³/mol. The summed E-state index contributed by atoms with van der Waals surface area (Å²) < 4.78 is 0. The monoisotopic (exact) mass is 250 g/mol. The molecular formula is C14H22N2O2. The summed E-state index contributed by atoms with van der Waals surface area (Å²) in [5, 5.41) is 9.94. The van der Waals surface area contributed by atoms with Crippen molar-refractivity contribution in [3.63, 3.8) is 0 Å². The SMILES string of the molecule is CCCN(CCCN)C(=O)c1cccc(C)c1O. The summed E-state index contributed by atoms with van der Waals surface area (Å²) in [5.41, 5.74) is 6.57. The number of nitrogens with zero attached hydrogens (tertiary/aromatic N) is 1. The van der Waals surface area contributed by atoms with Crippen LogP contribution >= 0.6 is 0 Å². The lowest BCUT2D eigenvalue weighted by Gasteiger charge is -2.22. The standard InChI is InChI=1S/C14H22N2O2/c1-3-9-16(10-5-8-15)14(18)12-7-4-6-11(2)13(12)17/h4,6-7,17H,3,5,8-10,15H2,1-2H3. The molecule has 4 nitrogen and oxygen atoms in total. The lowest BCUT2D eigenvalue weighted by atomic mass is 10.1. The van der Waals surface area contributed by atoms with Gasteiger partial charge < -0.3 is 15.7 Å². The van der Waals surface area contributed by atoms with Crippen molar-refractivity contribution in [2.24, 2.45) is 5.73 Å². The normalized spacial score (nSPS) is 10.4. The fourth-order valence-corrected chi connectivity index (χ4v) is 1.87. The quantitative estimate of drug-likeness (QED) is 0.810. The molecule has 0 atom stereocenters. The van der Waals surface area contributed by atoms with Crippen molar-refractivity contribution in [2.75, 3.05) is 19.6 Å². The van der Waals surface area contributed by atoms with E-state index in [1.807, 2.05) is 6.92 Å². The molecule has 4 heteroatoms. The number of rotatable bonds is 6. The smallest absolute Gasteiger partial charge is 0.257 e. The van der Waals surface area contributed by atoms with Crippen LogP contribution in [0.1, 0.15) is 35.7 Å². The van der Waals surface area contributed by atoms with Crippen LogP contribution in [0, 0.1) is 6.92 Å². The van der Waals surface area contributed by atoms with Crippen molar-refractivity contribution in [3.05, 3.63) is 29.3 Å². The number of aryl methyl sites for hydroxylation is 1. The topological polar surface area (TPSA) is 66.6 Å². The fourth-order valence-electron chi connectivity index (χ4n) is 1.87. The second-order valence-electron chi connectivity index (χ2n) is 4.41. The number of aromatic hydroxyl groups is 1. The number of phenolic OH excluding ortho intramolecular Hbond substituents is 1. The zero-order valence-corrected chi connectivity index (χ0v) is 11.1. The summed E-state index contributed by atoms with van der Waals surface area (Å²) in [7, 11) is 0. The van der Waals surface area contributed by atoms with E-state index < -0.39 is 0 Å². The summed E-state index contributed by atoms with van der Waals surface area (Å²) in [6.07, 6.45) is 1.67. The van der Waals surface area contributed by atoms with Crippen molar-refractivity contribution in [1.82, 2.24) is 4.90 Å². The van der Waals surface area contributed by atoms with E-state index in [-0.39, 0.29) is 11.7 Å². The lowest BCUT2D eigenvalue weighted by Crippen LogP contribution is -2.33. The summed E-state index contributed by atoms with van der Waals surface area (Å²) in [4.78, 5) is 14.1. The van der Waals surface area contributed by atoms with Crippen LogP contribution in [0.4, 0.5) is 0 Å². The molecule has 0 saturated carbocycles. The predicted octanol–water partition coefficient (Wildman–Crippen LogP) is 1.90. The van der Waals surface area contributed by atoms with Crippen LogP contribution in [0.5, 0.6) is 5.75 Å². The van der Waals surface area contributed by atoms with Gasteiger partial charge in [-0.05, 0) is 37.9 Å². The Bertz CT molecular complexity index is 405. The summed E-state index contributed by atoms with van der Waals surface area (Å²) in [6.45, 7) is 5.70. The van der Waals surface area contributed by atoms with Crippen molar-refractivity contribution in [3.8, 4) is 5.75 Å². The van der Waals surface area contributed by atoms with Crippen LogP contribution in [0.3, 0.4) is 0 Å². The van der Waals surface area contributed by atoms with Gasteiger partial charge in [-0.2, -0.15) is 0 Å². The number of hydrogen-bond acceptors (Lipinski definition) is 3. The summed E-state index contributed by atoms with van der Waals surface area (Å²) in [6, 6.07) is 5.24. The number of phenols is 1. The third-order valence-corrected chi connectivity index (χ3v) is 2.88. The zero-order chi connectivity index (χ0) is 13.5. The first-order chi connectivity index (χ1) is 8.61. The molecule has 3 N–H and O–H groups in total. The Morgan fingerprint density at radius 1 is 1.39 bits per heavy atom. The minimum absolute atomic E-state index is 0.0800. The molecule has 0 radical (unpaired) electrons. The molecule has 0 aromatic heterocycles. The van der Waals surface area contributed by atoms with Gasteiger partial charge in [0.15, 0.2) is 0 Å². The molecule has 1 amide bonds. The average molecular weight is 250 g/mol. The first-order valence-electron chi connectivity index (χ1n) is 6.39. The Hall–Kier alpha value is -1.55. The van der Waals surface area contributed by atoms with Gasteiger partial charge in [-0.1, -0.05) is 19.1 Å². The third-order valence-electron chi connectivity index (χ3n) is 2.88. The molecule has 0 aliphatic carbocycles. The molecule has 1 aromatic rings. The van der Waals surface area contributed by atoms with E-state index in [0.29, 0.717) is 25.2 Å². The lowest BCUT2D eigenvalue weighted by molar-refractivity contribution is 0.0751. The van der Waals surface area contributed by atoms with E-state index >= 15 is 0 Å². The largest absolute Gasteiger partial charge is 0.507 e. The minimum atomic E-state index is -0.119. The molecule has 1 rings (SSSR count). The molecule has 0 aliphatic heterocycles. The van der Waals surface area contributed by atoms with E-state index in [4.69, 9.17) is 5.73 Å². The highest BCUT2D eigenvalue weighted by atomic mass is 16.3. The zero-order valence-electron chi connectivity index (χ0n) is 11.1. The van der Waals surface area contributed by atoms with Crippen molar-refractivity contribution < 1.29 is 9.90 Å². The molecule has 0 aliphatic rings. The molecule has 18 heavy (non-hydrogen) atoms. The van der Waals surface area contributed by atoms with Gasteiger partial charge in [0.2, 0.25) is 0 Å². The Balaban J connectivity index is 2.90. The fraction of sp³-hybridized carbons (Fsp3) is 0.500. The molecule has 0 saturated heterocycles. The molecule has 0 spiro atoms. The molecule has 0 bridgehead atoms. The maximum atomic E-state index is 12.3. The highest BCUT2D eigenvalue weighted by Gasteiger charge is 2.18. The van der Waals surface area contributed by atoms with Crippen LogP contribution < -0.4 is 5.73 Å². The Kier molecular flexibility index (Phi) is 5.65. The van der Waals surface area contributed by atoms with Crippen molar-refractivity contribution in [2.45, 2.75) is 26.7 Å². The average Bonchev–Trinajstić information content (AvgIpc) is 2.37. The Morgan fingerprint density at radius 3 is 2.72 bits per heavy atom. The number of carbonyl (C=O) groups is 1. The first kappa shape index (κ1) is 14.5. The molecule has 100 valence electrons. The van der Waals surface area contributed by atoms with Gasteiger partial charge in [0.25, 0.3) is 5.91 Å². The van der Waals surface area contributed by atoms with E-state index in [2.05, 4.69) is 0 Å². The van der Waals surface area contributed by atoms with Gasteiger partial charge in [0.1, 0.15) is 5.75 Å². The highest BCUT2D eigenvalue weighted by Crippen LogP contribution is 2.23. The van der Waals surface area contributed by atoms with Gasteiger partial charge in [-0.15, -0.1) is 0 Å². The summed E-state index contributed by atoms with van der Waals surface area (Å²) in [5.74, 6) is -0.0390. The molecule has 1 aromatic carbocycles. The van der Waals surface area contributed by atoms with Crippen molar-refractivity contribution >= 4 is 5.91 Å². The Morgan fingerprint density at radius 2 is 2.11 bits per heavy atom. The van der Waals surface area contributed by atoms with E-state index in [1.54, 1.807) is 30.0 Å².